The number of carbonyl (C=O) groups excluding carboxylic acids is 1. The number of anilines is 4. The van der Waals surface area contributed by atoms with E-state index >= 15 is 0 Å². The predicted molar refractivity (Wildman–Crippen MR) is 146 cm³/mol. The molecule has 1 aliphatic rings. The highest BCUT2D eigenvalue weighted by atomic mass is 16.5. The number of primary amides is 1. The van der Waals surface area contributed by atoms with Gasteiger partial charge in [0.25, 0.3) is 5.91 Å². The Bertz CT molecular complexity index is 1610. The summed E-state index contributed by atoms with van der Waals surface area (Å²) in [5, 5.41) is 14.2. The number of ether oxygens (including phenoxy) is 1. The van der Waals surface area contributed by atoms with Crippen molar-refractivity contribution in [2.24, 2.45) is 5.73 Å². The fraction of sp³-hybridized carbons (Fsp3) is 0.222. The van der Waals surface area contributed by atoms with E-state index in [2.05, 4.69) is 36.0 Å². The first-order chi connectivity index (χ1) is 19.1. The van der Waals surface area contributed by atoms with Crippen molar-refractivity contribution in [3.63, 3.8) is 0 Å². The molecule has 1 fully saturated rings. The second-order valence-electron chi connectivity index (χ2n) is 9.13. The third-order valence-electron chi connectivity index (χ3n) is 6.59. The number of rotatable bonds is 8. The number of piperidine rings is 1. The summed E-state index contributed by atoms with van der Waals surface area (Å²) in [5.41, 5.74) is 9.08. The zero-order valence-electron chi connectivity index (χ0n) is 21.2. The molecule has 0 spiro atoms. The molecular formula is C27H27N9O3. The number of hydrogen-bond donors (Lipinski definition) is 4. The number of nitrogens with two attached hydrogens (primary N) is 1. The number of hydrogen-bond acceptors (Lipinski definition) is 10. The Labute approximate surface area is 223 Å². The van der Waals surface area contributed by atoms with Crippen LogP contribution in [0.3, 0.4) is 0 Å². The molecule has 5 N–H and O–H groups in total. The summed E-state index contributed by atoms with van der Waals surface area (Å²) in [6.07, 6.45) is 7.08. The Hall–Kier alpha value is -4.97. The Morgan fingerprint density at radius 2 is 1.95 bits per heavy atom. The van der Waals surface area contributed by atoms with Gasteiger partial charge in [0.1, 0.15) is 16.9 Å². The van der Waals surface area contributed by atoms with Crippen LogP contribution in [-0.4, -0.2) is 50.8 Å². The zero-order valence-corrected chi connectivity index (χ0v) is 21.2. The molecule has 12 heteroatoms. The number of carbonyl (C=O) groups is 1. The van der Waals surface area contributed by atoms with Crippen LogP contribution in [0, 0.1) is 0 Å². The minimum absolute atomic E-state index is 0.125. The average molecular weight is 526 g/mol. The molecule has 1 amide bonds. The second-order valence-corrected chi connectivity index (χ2v) is 9.13. The van der Waals surface area contributed by atoms with Gasteiger partial charge in [0.2, 0.25) is 11.8 Å². The fourth-order valence-corrected chi connectivity index (χ4v) is 4.66. The van der Waals surface area contributed by atoms with Crippen molar-refractivity contribution in [3.8, 4) is 17.2 Å². The van der Waals surface area contributed by atoms with E-state index in [0.717, 1.165) is 37.1 Å². The molecule has 0 bridgehead atoms. The lowest BCUT2D eigenvalue weighted by molar-refractivity contribution is 0.100. The van der Waals surface area contributed by atoms with Gasteiger partial charge in [-0.15, -0.1) is 0 Å². The molecule has 0 atom stereocenters. The van der Waals surface area contributed by atoms with Gasteiger partial charge >= 0.3 is 0 Å². The van der Waals surface area contributed by atoms with Gasteiger partial charge in [0.15, 0.2) is 11.3 Å². The molecule has 198 valence electrons. The minimum Gasteiger partial charge on any atom is -0.494 e. The topological polar surface area (TPSA) is 158 Å². The van der Waals surface area contributed by atoms with E-state index in [0.29, 0.717) is 34.5 Å². The number of methoxy groups -OCH3 is 1. The first-order valence-corrected chi connectivity index (χ1v) is 12.6. The van der Waals surface area contributed by atoms with Crippen LogP contribution in [0.2, 0.25) is 0 Å². The van der Waals surface area contributed by atoms with Gasteiger partial charge in [0, 0.05) is 12.4 Å². The molecule has 0 saturated carbocycles. The van der Waals surface area contributed by atoms with Crippen LogP contribution in [0.1, 0.15) is 29.2 Å². The van der Waals surface area contributed by atoms with Gasteiger partial charge in [0.05, 0.1) is 36.3 Å². The Balaban J connectivity index is 1.30. The molecule has 0 radical (unpaired) electrons. The molecule has 5 aromatic rings. The number of oxazole rings is 1. The van der Waals surface area contributed by atoms with E-state index in [9.17, 15) is 4.79 Å². The van der Waals surface area contributed by atoms with Crippen molar-refractivity contribution in [3.05, 3.63) is 66.6 Å². The molecule has 2 aromatic carbocycles. The van der Waals surface area contributed by atoms with E-state index < -0.39 is 5.91 Å². The molecule has 6 rings (SSSR count). The predicted octanol–water partition coefficient (Wildman–Crippen LogP) is 4.00. The quantitative estimate of drug-likeness (QED) is 0.233. The lowest BCUT2D eigenvalue weighted by Gasteiger charge is -2.22. The van der Waals surface area contributed by atoms with Gasteiger partial charge in [-0.1, -0.05) is 18.2 Å². The summed E-state index contributed by atoms with van der Waals surface area (Å²) in [6, 6.07) is 13.3. The van der Waals surface area contributed by atoms with E-state index in [1.807, 2.05) is 47.3 Å². The smallest absolute Gasteiger partial charge is 0.254 e. The van der Waals surface area contributed by atoms with Crippen molar-refractivity contribution in [2.45, 2.75) is 18.9 Å². The van der Waals surface area contributed by atoms with Crippen molar-refractivity contribution in [1.82, 2.24) is 30.0 Å². The lowest BCUT2D eigenvalue weighted by atomic mass is 10.1. The summed E-state index contributed by atoms with van der Waals surface area (Å²) < 4.78 is 13.6. The maximum atomic E-state index is 12.2. The maximum Gasteiger partial charge on any atom is 0.254 e. The number of fused-ring (bicyclic) bond motifs is 1. The van der Waals surface area contributed by atoms with Crippen LogP contribution in [0.15, 0.2) is 65.5 Å². The Kier molecular flexibility index (Phi) is 6.51. The molecule has 12 nitrogen and oxygen atoms in total. The van der Waals surface area contributed by atoms with Gasteiger partial charge in [-0.3, -0.25) is 9.48 Å². The number of benzene rings is 2. The van der Waals surface area contributed by atoms with Crippen LogP contribution in [-0.2, 0) is 0 Å². The van der Waals surface area contributed by atoms with Crippen LogP contribution >= 0.6 is 0 Å². The van der Waals surface area contributed by atoms with Crippen LogP contribution in [0.25, 0.3) is 22.6 Å². The third-order valence-corrected chi connectivity index (χ3v) is 6.59. The molecule has 4 heterocycles. The molecule has 3 aromatic heterocycles. The Morgan fingerprint density at radius 1 is 1.10 bits per heavy atom. The normalized spacial score (nSPS) is 13.9. The van der Waals surface area contributed by atoms with E-state index in [-0.39, 0.29) is 17.3 Å². The van der Waals surface area contributed by atoms with Gasteiger partial charge < -0.3 is 30.8 Å². The van der Waals surface area contributed by atoms with Crippen molar-refractivity contribution >= 4 is 40.1 Å². The highest BCUT2D eigenvalue weighted by molar-refractivity contribution is 5.98. The second kappa shape index (κ2) is 10.4. The van der Waals surface area contributed by atoms with E-state index in [4.69, 9.17) is 14.9 Å². The lowest BCUT2D eigenvalue weighted by Crippen LogP contribution is -2.29. The summed E-state index contributed by atoms with van der Waals surface area (Å²) in [5.74, 6) is 0.704. The molecular weight excluding hydrogens is 498 g/mol. The number of nitrogens with one attached hydrogen (secondary N) is 3. The molecule has 1 saturated heterocycles. The highest BCUT2D eigenvalue weighted by Crippen LogP contribution is 2.38. The van der Waals surface area contributed by atoms with Crippen molar-refractivity contribution in [1.29, 1.82) is 0 Å². The number of nitrogens with zero attached hydrogens (tertiary/aromatic N) is 5. The molecule has 0 unspecified atom stereocenters. The largest absolute Gasteiger partial charge is 0.494 e. The van der Waals surface area contributed by atoms with Gasteiger partial charge in [-0.05, 0) is 50.2 Å². The van der Waals surface area contributed by atoms with E-state index in [1.165, 1.54) is 6.20 Å². The van der Waals surface area contributed by atoms with Crippen LogP contribution in [0.4, 0.5) is 23.1 Å². The third kappa shape index (κ3) is 4.97. The van der Waals surface area contributed by atoms with Gasteiger partial charge in [-0.2, -0.15) is 10.1 Å². The molecule has 39 heavy (non-hydrogen) atoms. The average Bonchev–Trinajstić information content (AvgIpc) is 3.61. The maximum absolute atomic E-state index is 12.2. The molecule has 1 aliphatic heterocycles. The number of para-hydroxylation sites is 3. The number of amides is 1. The number of aromatic nitrogens is 5. The summed E-state index contributed by atoms with van der Waals surface area (Å²) >= 11 is 0. The van der Waals surface area contributed by atoms with Crippen LogP contribution in [0.5, 0.6) is 5.75 Å². The summed E-state index contributed by atoms with van der Waals surface area (Å²) in [4.78, 5) is 25.6. The fourth-order valence-electron chi connectivity index (χ4n) is 4.66. The SMILES string of the molecule is COc1c(Nc2nc(Nc3cnn(C4CCNCC4)c3)ncc2C(N)=O)cccc1-c1nc2ccccc2o1. The van der Waals surface area contributed by atoms with E-state index in [1.54, 1.807) is 19.4 Å². The monoisotopic (exact) mass is 525 g/mol. The highest BCUT2D eigenvalue weighted by Gasteiger charge is 2.20. The van der Waals surface area contributed by atoms with Crippen molar-refractivity contribution in [2.75, 3.05) is 30.8 Å². The zero-order chi connectivity index (χ0) is 26.8. The molecule has 0 aliphatic carbocycles. The standard InChI is InChI=1S/C27H27N9O3/c1-38-23-18(26-34-20-6-2-3-8-22(20)39-26)5-4-7-21(23)33-25-19(24(28)37)14-30-27(35-25)32-16-13-31-36(15-16)17-9-11-29-12-10-17/h2-8,13-15,17,29H,9-12H2,1H3,(H2,28,37)(H2,30,32,33,35). The minimum atomic E-state index is -0.670. The van der Waals surface area contributed by atoms with Gasteiger partial charge in [-0.25, -0.2) is 9.97 Å². The summed E-state index contributed by atoms with van der Waals surface area (Å²) in [7, 11) is 1.55. The first kappa shape index (κ1) is 24.4. The van der Waals surface area contributed by atoms with Crippen molar-refractivity contribution < 1.29 is 13.9 Å². The summed E-state index contributed by atoms with van der Waals surface area (Å²) in [6.45, 7) is 1.94. The first-order valence-electron chi connectivity index (χ1n) is 12.6. The Morgan fingerprint density at radius 3 is 2.74 bits per heavy atom. The van der Waals surface area contributed by atoms with Crippen LogP contribution < -0.4 is 26.4 Å².